The lowest BCUT2D eigenvalue weighted by molar-refractivity contribution is -0.708. The lowest BCUT2D eigenvalue weighted by Crippen LogP contribution is -2.31. The van der Waals surface area contributed by atoms with Crippen molar-refractivity contribution in [2.45, 2.75) is 6.92 Å². The lowest BCUT2D eigenvalue weighted by Gasteiger charge is -2.19. The Morgan fingerprint density at radius 3 is 2.50 bits per heavy atom. The van der Waals surface area contributed by atoms with Gasteiger partial charge in [0.05, 0.1) is 17.2 Å². The van der Waals surface area contributed by atoms with Crippen molar-refractivity contribution in [2.75, 3.05) is 6.61 Å². The van der Waals surface area contributed by atoms with Crippen LogP contribution in [0.3, 0.4) is 0 Å². The Balaban J connectivity index is 1.99. The molecule has 0 atom stereocenters. The molecule has 2 aromatic carbocycles. The van der Waals surface area contributed by atoms with E-state index in [4.69, 9.17) is 44.4 Å². The maximum Gasteiger partial charge on any atom is 0.315 e. The Labute approximate surface area is 175 Å². The van der Waals surface area contributed by atoms with E-state index in [2.05, 4.69) is 4.99 Å². The van der Waals surface area contributed by atoms with Gasteiger partial charge in [0.15, 0.2) is 10.7 Å². The molecule has 2 aromatic rings. The third-order valence-corrected chi connectivity index (χ3v) is 4.66. The number of hydrogen-bond acceptors (Lipinski definition) is 5. The molecular formula is C19H13Cl3N2O4. The Hall–Kier alpha value is -2.54. The number of benzene rings is 2. The molecule has 3 rings (SSSR count). The highest BCUT2D eigenvalue weighted by Gasteiger charge is 2.35. The minimum absolute atomic E-state index is 0.0441. The highest BCUT2D eigenvalue weighted by Crippen LogP contribution is 2.36. The average Bonchev–Trinajstić information content (AvgIpc) is 2.67. The summed E-state index contributed by atoms with van der Waals surface area (Å²) >= 11 is 17.6. The third-order valence-electron chi connectivity index (χ3n) is 3.72. The molecule has 0 saturated carbocycles. The van der Waals surface area contributed by atoms with E-state index in [1.807, 2.05) is 6.92 Å². The summed E-state index contributed by atoms with van der Waals surface area (Å²) in [7, 11) is 0. The summed E-state index contributed by atoms with van der Waals surface area (Å²) in [6.45, 7) is 2.32. The zero-order valence-corrected chi connectivity index (χ0v) is 16.8. The van der Waals surface area contributed by atoms with E-state index in [0.717, 1.165) is 0 Å². The van der Waals surface area contributed by atoms with E-state index in [0.29, 0.717) is 23.6 Å². The number of aliphatic imine (C=N–C) groups is 1. The van der Waals surface area contributed by atoms with Crippen LogP contribution in [0, 0.1) is 5.21 Å². The second-order valence-corrected chi connectivity index (χ2v) is 6.82. The SMILES string of the molecule is CCOc1ccc2c(c1)C(/C(C(Cl)=C(Cl)Cl)=[N+](/[O-])OC(=O)c1ccccc1)=N2. The van der Waals surface area contributed by atoms with Crippen LogP contribution in [0.4, 0.5) is 5.69 Å². The smallest absolute Gasteiger partial charge is 0.315 e. The van der Waals surface area contributed by atoms with Gasteiger partial charge in [-0.2, -0.15) is 0 Å². The molecule has 0 radical (unpaired) electrons. The summed E-state index contributed by atoms with van der Waals surface area (Å²) in [5.41, 5.74) is 1.29. The van der Waals surface area contributed by atoms with Crippen molar-refractivity contribution in [3.63, 3.8) is 0 Å². The maximum absolute atomic E-state index is 12.6. The van der Waals surface area contributed by atoms with Crippen molar-refractivity contribution in [3.8, 4) is 5.75 Å². The van der Waals surface area contributed by atoms with Crippen molar-refractivity contribution in [1.29, 1.82) is 0 Å². The average molecular weight is 440 g/mol. The number of hydrogen-bond donors (Lipinski definition) is 0. The highest BCUT2D eigenvalue weighted by molar-refractivity contribution is 6.70. The van der Waals surface area contributed by atoms with E-state index in [9.17, 15) is 10.0 Å². The van der Waals surface area contributed by atoms with Crippen LogP contribution in [0.25, 0.3) is 0 Å². The highest BCUT2D eigenvalue weighted by atomic mass is 35.5. The second-order valence-electron chi connectivity index (χ2n) is 5.50. The molecule has 28 heavy (non-hydrogen) atoms. The monoisotopic (exact) mass is 438 g/mol. The number of carbonyl (C=O) groups is 1. The lowest BCUT2D eigenvalue weighted by atomic mass is 9.97. The fraction of sp³-hybridized carbons (Fsp3) is 0.105. The number of carbonyl (C=O) groups excluding carboxylic acids is 1. The Morgan fingerprint density at radius 2 is 1.86 bits per heavy atom. The van der Waals surface area contributed by atoms with Crippen molar-refractivity contribution < 1.29 is 19.3 Å². The van der Waals surface area contributed by atoms with Gasteiger partial charge < -0.3 is 9.57 Å². The summed E-state index contributed by atoms with van der Waals surface area (Å²) in [5, 5.41) is 12.3. The first kappa shape index (κ1) is 20.2. The van der Waals surface area contributed by atoms with Crippen LogP contribution in [-0.2, 0) is 4.84 Å². The summed E-state index contributed by atoms with van der Waals surface area (Å²) in [6, 6.07) is 13.2. The van der Waals surface area contributed by atoms with Crippen LogP contribution in [0.15, 0.2) is 63.0 Å². The van der Waals surface area contributed by atoms with Gasteiger partial charge in [0.1, 0.15) is 10.2 Å². The van der Waals surface area contributed by atoms with Gasteiger partial charge in [0.25, 0.3) is 5.97 Å². The predicted molar refractivity (Wildman–Crippen MR) is 109 cm³/mol. The quantitative estimate of drug-likeness (QED) is 0.271. The summed E-state index contributed by atoms with van der Waals surface area (Å²) < 4.78 is 5.09. The maximum atomic E-state index is 12.6. The van der Waals surface area contributed by atoms with Gasteiger partial charge in [-0.05, 0) is 25.1 Å². The van der Waals surface area contributed by atoms with Crippen molar-refractivity contribution >= 4 is 57.9 Å². The molecule has 0 unspecified atom stereocenters. The van der Waals surface area contributed by atoms with Crippen LogP contribution in [-0.4, -0.2) is 28.9 Å². The summed E-state index contributed by atoms with van der Waals surface area (Å²) in [4.78, 5) is 21.3. The van der Waals surface area contributed by atoms with Crippen molar-refractivity contribution in [1.82, 2.24) is 0 Å². The molecule has 6 nitrogen and oxygen atoms in total. The zero-order chi connectivity index (χ0) is 20.3. The Bertz CT molecular complexity index is 1010. The summed E-state index contributed by atoms with van der Waals surface area (Å²) in [5.74, 6) is -0.282. The molecule has 144 valence electrons. The minimum Gasteiger partial charge on any atom is -0.494 e. The van der Waals surface area contributed by atoms with E-state index in [1.165, 1.54) is 12.1 Å². The second kappa shape index (κ2) is 8.65. The van der Waals surface area contributed by atoms with Gasteiger partial charge in [0.2, 0.25) is 0 Å². The van der Waals surface area contributed by atoms with Gasteiger partial charge >= 0.3 is 5.71 Å². The molecule has 0 amide bonds. The van der Waals surface area contributed by atoms with Gasteiger partial charge in [-0.25, -0.2) is 4.99 Å². The topological polar surface area (TPSA) is 74.0 Å². The van der Waals surface area contributed by atoms with Crippen LogP contribution in [0.2, 0.25) is 0 Å². The van der Waals surface area contributed by atoms with E-state index in [-0.39, 0.29) is 31.4 Å². The number of allylic oxidation sites excluding steroid dienone is 1. The van der Waals surface area contributed by atoms with Gasteiger partial charge in [0, 0.05) is 11.1 Å². The van der Waals surface area contributed by atoms with Crippen LogP contribution < -0.4 is 4.74 Å². The molecule has 1 heterocycles. The first-order chi connectivity index (χ1) is 13.4. The van der Waals surface area contributed by atoms with Crippen LogP contribution in [0.1, 0.15) is 22.8 Å². The molecule has 1 aliphatic heterocycles. The first-order valence-corrected chi connectivity index (χ1v) is 9.24. The largest absolute Gasteiger partial charge is 0.494 e. The van der Waals surface area contributed by atoms with E-state index >= 15 is 0 Å². The van der Waals surface area contributed by atoms with Crippen LogP contribution in [0.5, 0.6) is 5.75 Å². The molecule has 0 N–H and O–H groups in total. The normalized spacial score (nSPS) is 12.8. The molecular weight excluding hydrogens is 427 g/mol. The van der Waals surface area contributed by atoms with E-state index < -0.39 is 5.97 Å². The number of rotatable bonds is 6. The van der Waals surface area contributed by atoms with Crippen molar-refractivity contribution in [3.05, 3.63) is 74.4 Å². The Morgan fingerprint density at radius 1 is 1.14 bits per heavy atom. The molecule has 1 aliphatic rings. The predicted octanol–water partition coefficient (Wildman–Crippen LogP) is 5.13. The fourth-order valence-electron chi connectivity index (χ4n) is 2.47. The molecule has 0 fully saturated rings. The molecule has 0 aromatic heterocycles. The first-order valence-electron chi connectivity index (χ1n) is 8.11. The fourth-order valence-corrected chi connectivity index (χ4v) is 2.81. The molecule has 0 aliphatic carbocycles. The zero-order valence-electron chi connectivity index (χ0n) is 14.5. The van der Waals surface area contributed by atoms with Crippen molar-refractivity contribution in [2.24, 2.45) is 4.99 Å². The van der Waals surface area contributed by atoms with Crippen LogP contribution >= 0.6 is 34.8 Å². The molecule has 0 saturated heterocycles. The van der Waals surface area contributed by atoms with Gasteiger partial charge in [-0.15, -0.1) is 0 Å². The number of fused-ring (bicyclic) bond motifs is 1. The molecule has 0 bridgehead atoms. The van der Waals surface area contributed by atoms with Gasteiger partial charge in [-0.3, -0.25) is 10.0 Å². The minimum atomic E-state index is -0.869. The summed E-state index contributed by atoms with van der Waals surface area (Å²) in [6.07, 6.45) is 0. The number of halogens is 3. The number of nitrogens with zero attached hydrogens (tertiary/aromatic N) is 2. The third kappa shape index (κ3) is 4.14. The number of ether oxygens (including phenoxy) is 1. The standard InChI is InChI=1S/C19H13Cl3N2O4/c1-2-27-12-8-9-14-13(10-12)16(23-14)17(15(20)18(21)22)24(26)28-19(25)11-6-4-3-5-7-11/h3-10H,2H2,1H3/b24-17-. The molecule has 0 spiro atoms. The van der Waals surface area contributed by atoms with Gasteiger partial charge in [-0.1, -0.05) is 65.1 Å². The van der Waals surface area contributed by atoms with E-state index in [1.54, 1.807) is 36.4 Å². The Kier molecular flexibility index (Phi) is 6.24. The molecule has 9 heteroatoms.